The van der Waals surface area contributed by atoms with E-state index in [4.69, 9.17) is 0 Å². The number of thioether (sulfide) groups is 1. The van der Waals surface area contributed by atoms with Gasteiger partial charge in [-0.25, -0.2) is 0 Å². The molecule has 2 atom stereocenters. The molecular weight excluding hydrogens is 285 g/mol. The van der Waals surface area contributed by atoms with Gasteiger partial charge in [-0.1, -0.05) is 30.0 Å². The Morgan fingerprint density at radius 2 is 2.10 bits per heavy atom. The van der Waals surface area contributed by atoms with Crippen LogP contribution in [0.3, 0.4) is 0 Å². The maximum atomic E-state index is 13.0. The zero-order chi connectivity index (χ0) is 14.3. The first-order valence-corrected chi connectivity index (χ1v) is 7.37. The minimum atomic E-state index is -4.16. The number of hydrogen-bond donors (Lipinski definition) is 2. The lowest BCUT2D eigenvalue weighted by atomic mass is 9.92. The number of fused-ring (bicyclic) bond motifs is 3. The van der Waals surface area contributed by atoms with Crippen LogP contribution in [0.2, 0.25) is 0 Å². The molecule has 6 heteroatoms. The Labute approximate surface area is 119 Å². The van der Waals surface area contributed by atoms with Crippen LogP contribution in [0.1, 0.15) is 17.9 Å². The number of H-pyrrole nitrogens is 1. The highest BCUT2D eigenvalue weighted by Gasteiger charge is 2.45. The molecule has 0 spiro atoms. The maximum absolute atomic E-state index is 13.0. The third-order valence-electron chi connectivity index (χ3n) is 3.69. The Morgan fingerprint density at radius 3 is 2.80 bits per heavy atom. The van der Waals surface area contributed by atoms with Gasteiger partial charge in [0, 0.05) is 23.4 Å². The van der Waals surface area contributed by atoms with Crippen LogP contribution in [0.4, 0.5) is 13.2 Å². The molecule has 1 aromatic carbocycles. The molecular formula is C14H15F3N2S. The molecule has 0 amide bonds. The molecule has 2 unspecified atom stereocenters. The lowest BCUT2D eigenvalue weighted by molar-refractivity contribution is -0.131. The number of likely N-dealkylation sites (N-methyl/N-ethyl adjacent to an activating group) is 1. The third-order valence-corrected chi connectivity index (χ3v) is 4.99. The fourth-order valence-corrected chi connectivity index (χ4v) is 4.16. The number of nitrogens with one attached hydrogen (secondary N) is 2. The monoisotopic (exact) mass is 300 g/mol. The summed E-state index contributed by atoms with van der Waals surface area (Å²) in [5, 5.41) is 3.39. The number of aromatic nitrogens is 1. The van der Waals surface area contributed by atoms with Gasteiger partial charge in [0.2, 0.25) is 0 Å². The standard InChI is InChI=1S/C14H15F3N2S/c1-18-7-8-6-11(14(15,16)17)20-13-12(8)9-4-2-3-5-10(9)19-13/h2-5,8,11,18-19H,6-7H2,1H3. The molecule has 1 aliphatic rings. The molecule has 108 valence electrons. The zero-order valence-electron chi connectivity index (χ0n) is 10.9. The van der Waals surface area contributed by atoms with Gasteiger partial charge in [-0.05, 0) is 25.1 Å². The Morgan fingerprint density at radius 1 is 1.35 bits per heavy atom. The van der Waals surface area contributed by atoms with Crippen molar-refractivity contribution in [3.05, 3.63) is 29.8 Å². The van der Waals surface area contributed by atoms with Crippen LogP contribution < -0.4 is 5.32 Å². The summed E-state index contributed by atoms with van der Waals surface area (Å²) in [5.41, 5.74) is 1.94. The highest BCUT2D eigenvalue weighted by atomic mass is 32.2. The van der Waals surface area contributed by atoms with Gasteiger partial charge in [-0.15, -0.1) is 0 Å². The summed E-state index contributed by atoms with van der Waals surface area (Å²) in [6.45, 7) is 0.558. The molecule has 1 aromatic heterocycles. The van der Waals surface area contributed by atoms with Gasteiger partial charge < -0.3 is 10.3 Å². The number of halogens is 3. The van der Waals surface area contributed by atoms with E-state index in [0.29, 0.717) is 11.6 Å². The SMILES string of the molecule is CNCC1CC(C(F)(F)F)Sc2[nH]c3ccccc3c21. The van der Waals surface area contributed by atoms with Crippen molar-refractivity contribution in [3.63, 3.8) is 0 Å². The van der Waals surface area contributed by atoms with Crippen LogP contribution >= 0.6 is 11.8 Å². The molecule has 20 heavy (non-hydrogen) atoms. The molecule has 0 bridgehead atoms. The van der Waals surface area contributed by atoms with Crippen molar-refractivity contribution >= 4 is 22.7 Å². The van der Waals surface area contributed by atoms with Crippen LogP contribution in [-0.4, -0.2) is 30.0 Å². The normalized spacial score (nSPS) is 23.0. The van der Waals surface area contributed by atoms with Crippen LogP contribution in [0.25, 0.3) is 10.9 Å². The first kappa shape index (κ1) is 13.8. The van der Waals surface area contributed by atoms with E-state index in [2.05, 4.69) is 10.3 Å². The van der Waals surface area contributed by atoms with Crippen LogP contribution in [0, 0.1) is 0 Å². The summed E-state index contributed by atoms with van der Waals surface area (Å²) in [5.74, 6) is -0.112. The molecule has 3 rings (SSSR count). The van der Waals surface area contributed by atoms with E-state index in [1.807, 2.05) is 24.3 Å². The minimum Gasteiger partial charge on any atom is -0.349 e. The first-order chi connectivity index (χ1) is 9.50. The second kappa shape index (κ2) is 5.00. The topological polar surface area (TPSA) is 27.8 Å². The summed E-state index contributed by atoms with van der Waals surface area (Å²) in [7, 11) is 1.78. The van der Waals surface area contributed by atoms with Crippen molar-refractivity contribution in [2.45, 2.75) is 28.8 Å². The summed E-state index contributed by atoms with van der Waals surface area (Å²) < 4.78 is 39.1. The van der Waals surface area contributed by atoms with Gasteiger partial charge in [-0.3, -0.25) is 0 Å². The summed E-state index contributed by atoms with van der Waals surface area (Å²) in [4.78, 5) is 3.14. The van der Waals surface area contributed by atoms with Crippen molar-refractivity contribution in [2.75, 3.05) is 13.6 Å². The molecule has 0 aliphatic carbocycles. The highest BCUT2D eigenvalue weighted by Crippen LogP contribution is 2.49. The maximum Gasteiger partial charge on any atom is 0.400 e. The zero-order valence-corrected chi connectivity index (χ0v) is 11.7. The third kappa shape index (κ3) is 2.31. The average molecular weight is 300 g/mol. The minimum absolute atomic E-state index is 0.112. The number of aromatic amines is 1. The summed E-state index contributed by atoms with van der Waals surface area (Å²) in [6, 6.07) is 7.70. The predicted molar refractivity (Wildman–Crippen MR) is 75.3 cm³/mol. The fourth-order valence-electron chi connectivity index (χ4n) is 2.84. The molecule has 0 radical (unpaired) electrons. The Bertz CT molecular complexity index is 620. The number of alkyl halides is 3. The Hall–Kier alpha value is -1.14. The first-order valence-electron chi connectivity index (χ1n) is 6.49. The molecule has 2 N–H and O–H groups in total. The number of benzene rings is 1. The van der Waals surface area contributed by atoms with Crippen LogP contribution in [0.5, 0.6) is 0 Å². The van der Waals surface area contributed by atoms with E-state index in [0.717, 1.165) is 28.2 Å². The number of rotatable bonds is 2. The van der Waals surface area contributed by atoms with E-state index in [-0.39, 0.29) is 12.3 Å². The van der Waals surface area contributed by atoms with Gasteiger partial charge in [0.15, 0.2) is 0 Å². The van der Waals surface area contributed by atoms with Crippen molar-refractivity contribution in [1.82, 2.24) is 10.3 Å². The second-order valence-electron chi connectivity index (χ2n) is 5.05. The molecule has 0 fully saturated rings. The average Bonchev–Trinajstić information content (AvgIpc) is 2.76. The smallest absolute Gasteiger partial charge is 0.349 e. The lowest BCUT2D eigenvalue weighted by Gasteiger charge is -2.30. The van der Waals surface area contributed by atoms with Gasteiger partial charge in [0.25, 0.3) is 0 Å². The van der Waals surface area contributed by atoms with Crippen molar-refractivity contribution in [3.8, 4) is 0 Å². The quantitative estimate of drug-likeness (QED) is 0.880. The van der Waals surface area contributed by atoms with Gasteiger partial charge in [-0.2, -0.15) is 13.2 Å². The summed E-state index contributed by atoms with van der Waals surface area (Å²) >= 11 is 0.911. The number of hydrogen-bond acceptors (Lipinski definition) is 2. The van der Waals surface area contributed by atoms with E-state index in [1.165, 1.54) is 0 Å². The highest BCUT2D eigenvalue weighted by molar-refractivity contribution is 8.00. The van der Waals surface area contributed by atoms with E-state index in [1.54, 1.807) is 7.05 Å². The molecule has 2 heterocycles. The Balaban J connectivity index is 2.09. The molecule has 0 saturated carbocycles. The molecule has 2 nitrogen and oxygen atoms in total. The molecule has 2 aromatic rings. The van der Waals surface area contributed by atoms with Crippen LogP contribution in [-0.2, 0) is 0 Å². The summed E-state index contributed by atoms with van der Waals surface area (Å²) in [6.07, 6.45) is -4.03. The van der Waals surface area contributed by atoms with Crippen LogP contribution in [0.15, 0.2) is 29.3 Å². The van der Waals surface area contributed by atoms with E-state index in [9.17, 15) is 13.2 Å². The van der Waals surface area contributed by atoms with Crippen molar-refractivity contribution in [2.24, 2.45) is 0 Å². The van der Waals surface area contributed by atoms with Gasteiger partial charge >= 0.3 is 6.18 Å². The lowest BCUT2D eigenvalue weighted by Crippen LogP contribution is -2.33. The molecule has 1 aliphatic heterocycles. The Kier molecular flexibility index (Phi) is 3.46. The van der Waals surface area contributed by atoms with Crippen molar-refractivity contribution < 1.29 is 13.2 Å². The fraction of sp³-hybridized carbons (Fsp3) is 0.429. The molecule has 0 saturated heterocycles. The second-order valence-corrected chi connectivity index (χ2v) is 6.26. The van der Waals surface area contributed by atoms with E-state index < -0.39 is 11.4 Å². The largest absolute Gasteiger partial charge is 0.400 e. The van der Waals surface area contributed by atoms with Gasteiger partial charge in [0.1, 0.15) is 5.25 Å². The number of para-hydroxylation sites is 1. The van der Waals surface area contributed by atoms with E-state index >= 15 is 0 Å². The van der Waals surface area contributed by atoms with Gasteiger partial charge in [0.05, 0.1) is 5.03 Å². The predicted octanol–water partition coefficient (Wildman–Crippen LogP) is 3.90. The van der Waals surface area contributed by atoms with Crippen molar-refractivity contribution in [1.29, 1.82) is 0 Å².